The molecule has 0 unspecified atom stereocenters. The van der Waals surface area contributed by atoms with Crippen molar-refractivity contribution in [3.63, 3.8) is 0 Å². The van der Waals surface area contributed by atoms with E-state index in [-0.39, 0.29) is 23.8 Å². The van der Waals surface area contributed by atoms with Crippen molar-refractivity contribution in [3.8, 4) is 6.07 Å². The summed E-state index contributed by atoms with van der Waals surface area (Å²) in [4.78, 5) is 22.6. The van der Waals surface area contributed by atoms with E-state index >= 15 is 0 Å². The number of nitriles is 1. The van der Waals surface area contributed by atoms with Crippen molar-refractivity contribution >= 4 is 38.9 Å². The zero-order valence-electron chi connectivity index (χ0n) is 22.4. The number of benzene rings is 1. The summed E-state index contributed by atoms with van der Waals surface area (Å²) < 4.78 is 69.4. The number of piperazine rings is 1. The molecular formula is C28H34ClF3N6O3S. The Balaban J connectivity index is 0.00000405. The van der Waals surface area contributed by atoms with Crippen molar-refractivity contribution in [1.29, 1.82) is 5.26 Å². The number of pyridine rings is 1. The van der Waals surface area contributed by atoms with E-state index in [1.165, 1.54) is 6.07 Å². The number of halogens is 4. The molecule has 42 heavy (non-hydrogen) atoms. The minimum atomic E-state index is -4.78. The van der Waals surface area contributed by atoms with Crippen LogP contribution in [-0.2, 0) is 20.8 Å². The van der Waals surface area contributed by atoms with E-state index < -0.39 is 56.7 Å². The summed E-state index contributed by atoms with van der Waals surface area (Å²) >= 11 is 6.51. The molecule has 5 rings (SSSR count). The Bertz CT molecular complexity index is 1470. The molecule has 1 amide bonds. The molecule has 9 nitrogen and oxygen atoms in total. The van der Waals surface area contributed by atoms with Gasteiger partial charge >= 0.3 is 6.18 Å². The van der Waals surface area contributed by atoms with Gasteiger partial charge in [0.05, 0.1) is 26.8 Å². The van der Waals surface area contributed by atoms with Gasteiger partial charge in [-0.25, -0.2) is 13.4 Å². The summed E-state index contributed by atoms with van der Waals surface area (Å²) in [5.74, 6) is -1.25. The lowest BCUT2D eigenvalue weighted by molar-refractivity contribution is -0.137. The number of alkyl halides is 3. The molecule has 14 heteroatoms. The van der Waals surface area contributed by atoms with Crippen LogP contribution >= 0.6 is 11.6 Å². The number of amides is 1. The van der Waals surface area contributed by atoms with E-state index in [0.717, 1.165) is 61.6 Å². The van der Waals surface area contributed by atoms with Gasteiger partial charge in [0.15, 0.2) is 9.84 Å². The van der Waals surface area contributed by atoms with Crippen LogP contribution in [-0.4, -0.2) is 80.3 Å². The number of sulfone groups is 1. The number of likely N-dealkylation sites (N-methyl/N-ethyl adjacent to an activating group) is 1. The second kappa shape index (κ2) is 11.9. The maximum absolute atomic E-state index is 13.9. The van der Waals surface area contributed by atoms with Crippen molar-refractivity contribution in [2.45, 2.75) is 61.5 Å². The Kier molecular flexibility index (Phi) is 9.02. The summed E-state index contributed by atoms with van der Waals surface area (Å²) in [5, 5.41) is 10.8. The van der Waals surface area contributed by atoms with E-state index in [0.29, 0.717) is 12.8 Å². The van der Waals surface area contributed by atoms with Crippen molar-refractivity contribution in [2.24, 2.45) is 0 Å². The summed E-state index contributed by atoms with van der Waals surface area (Å²) in [6, 6.07) is 7.40. The fourth-order valence-electron chi connectivity index (χ4n) is 5.48. The van der Waals surface area contributed by atoms with Gasteiger partial charge in [-0.15, -0.1) is 0 Å². The van der Waals surface area contributed by atoms with Gasteiger partial charge in [0, 0.05) is 44.6 Å². The standard InChI is InChI=1S/C27H30ClF3N6O3S.CH4/c1-2-35-10-12-36(13-11-35)18-5-6-23(21(28)14-18)41(39,40)19-15-22(25(38)34-26(17-32)7-8-26)37(16-19)24-20(27(29,30)31)4-3-9-33-24;/h3-6,9,14,19,22H,2,7-8,10-13,15-16H2,1H3,(H,34,38);1H4/t19-,22+;/m1./s1. The second-order valence-corrected chi connectivity index (χ2v) is 13.3. The molecule has 0 bridgehead atoms. The number of hydrogen-bond acceptors (Lipinski definition) is 8. The maximum atomic E-state index is 13.9. The average molecular weight is 627 g/mol. The number of aromatic nitrogens is 1. The molecule has 1 aliphatic carbocycles. The molecule has 2 atom stereocenters. The first-order valence-corrected chi connectivity index (χ1v) is 15.3. The van der Waals surface area contributed by atoms with E-state index in [2.05, 4.69) is 27.0 Å². The second-order valence-electron chi connectivity index (χ2n) is 10.7. The first-order chi connectivity index (χ1) is 19.4. The highest BCUT2D eigenvalue weighted by molar-refractivity contribution is 7.92. The third-order valence-corrected chi connectivity index (χ3v) is 10.7. The number of hydrogen-bond donors (Lipinski definition) is 1. The molecular weight excluding hydrogens is 593 g/mol. The fourth-order valence-corrected chi connectivity index (χ4v) is 7.72. The number of nitrogens with one attached hydrogen (secondary N) is 1. The minimum Gasteiger partial charge on any atom is -0.369 e. The van der Waals surface area contributed by atoms with Gasteiger partial charge in [0.25, 0.3) is 0 Å². The molecule has 228 valence electrons. The molecule has 3 heterocycles. The van der Waals surface area contributed by atoms with Crippen LogP contribution in [0.2, 0.25) is 5.02 Å². The van der Waals surface area contributed by atoms with Crippen LogP contribution in [0.15, 0.2) is 41.4 Å². The Morgan fingerprint density at radius 3 is 2.48 bits per heavy atom. The van der Waals surface area contributed by atoms with E-state index in [4.69, 9.17) is 11.6 Å². The van der Waals surface area contributed by atoms with Gasteiger partial charge in [-0.3, -0.25) is 4.79 Å². The number of nitrogens with zero attached hydrogens (tertiary/aromatic N) is 5. The molecule has 2 aromatic rings. The van der Waals surface area contributed by atoms with Crippen LogP contribution in [0, 0.1) is 11.3 Å². The highest BCUT2D eigenvalue weighted by Crippen LogP contribution is 2.41. The average Bonchev–Trinajstić information content (AvgIpc) is 3.57. The summed E-state index contributed by atoms with van der Waals surface area (Å²) in [7, 11) is -4.17. The first kappa shape index (κ1) is 31.8. The Morgan fingerprint density at radius 1 is 1.21 bits per heavy atom. The van der Waals surface area contributed by atoms with Gasteiger partial charge in [0.1, 0.15) is 17.4 Å². The van der Waals surface area contributed by atoms with Crippen molar-refractivity contribution < 1.29 is 26.4 Å². The Labute approximate surface area is 249 Å². The predicted molar refractivity (Wildman–Crippen MR) is 154 cm³/mol. The molecule has 3 aliphatic rings. The van der Waals surface area contributed by atoms with Crippen molar-refractivity contribution in [2.75, 3.05) is 49.1 Å². The summed E-state index contributed by atoms with van der Waals surface area (Å²) in [5.41, 5.74) is -1.38. The number of anilines is 2. The monoisotopic (exact) mass is 626 g/mol. The van der Waals surface area contributed by atoms with Crippen LogP contribution in [0.5, 0.6) is 0 Å². The molecule has 2 aliphatic heterocycles. The molecule has 1 N–H and O–H groups in total. The number of carbonyl (C=O) groups excluding carboxylic acids is 1. The Morgan fingerprint density at radius 2 is 1.90 bits per heavy atom. The van der Waals surface area contributed by atoms with Gasteiger partial charge < -0.3 is 20.0 Å². The topological polar surface area (TPSA) is 110 Å². The van der Waals surface area contributed by atoms with Crippen LogP contribution in [0.1, 0.15) is 39.2 Å². The molecule has 3 fully saturated rings. The highest BCUT2D eigenvalue weighted by atomic mass is 35.5. The van der Waals surface area contributed by atoms with Crippen LogP contribution in [0.3, 0.4) is 0 Å². The molecule has 2 saturated heterocycles. The lowest BCUT2D eigenvalue weighted by Crippen LogP contribution is -2.48. The van der Waals surface area contributed by atoms with Gasteiger partial charge in [-0.1, -0.05) is 26.0 Å². The molecule has 0 radical (unpaired) electrons. The van der Waals surface area contributed by atoms with E-state index in [9.17, 15) is 31.6 Å². The first-order valence-electron chi connectivity index (χ1n) is 13.4. The van der Waals surface area contributed by atoms with Gasteiger partial charge in [0.2, 0.25) is 5.91 Å². The molecule has 1 saturated carbocycles. The third kappa shape index (κ3) is 6.16. The normalized spacial score (nSPS) is 22.3. The van der Waals surface area contributed by atoms with Gasteiger partial charge in [-0.05, 0) is 56.1 Å². The van der Waals surface area contributed by atoms with Crippen LogP contribution in [0.25, 0.3) is 0 Å². The van der Waals surface area contributed by atoms with E-state index in [1.807, 2.05) is 6.07 Å². The van der Waals surface area contributed by atoms with E-state index in [1.54, 1.807) is 12.1 Å². The lowest BCUT2D eigenvalue weighted by atomic mass is 10.1. The van der Waals surface area contributed by atoms with Crippen molar-refractivity contribution in [1.82, 2.24) is 15.2 Å². The number of rotatable bonds is 7. The number of carbonyl (C=O) groups is 1. The molecule has 1 aromatic heterocycles. The molecule has 1 aromatic carbocycles. The van der Waals surface area contributed by atoms with Crippen LogP contribution < -0.4 is 15.1 Å². The highest BCUT2D eigenvalue weighted by Gasteiger charge is 2.51. The summed E-state index contributed by atoms with van der Waals surface area (Å²) in [6.45, 7) is 5.91. The summed E-state index contributed by atoms with van der Waals surface area (Å²) in [6.07, 6.45) is -3.09. The quantitative estimate of drug-likeness (QED) is 0.489. The predicted octanol–water partition coefficient (Wildman–Crippen LogP) is 4.13. The van der Waals surface area contributed by atoms with Gasteiger partial charge in [-0.2, -0.15) is 18.4 Å². The van der Waals surface area contributed by atoms with Crippen LogP contribution in [0.4, 0.5) is 24.7 Å². The zero-order chi connectivity index (χ0) is 29.6. The fraction of sp³-hybridized carbons (Fsp3) is 0.536. The largest absolute Gasteiger partial charge is 0.419 e. The maximum Gasteiger partial charge on any atom is 0.419 e. The van der Waals surface area contributed by atoms with Crippen molar-refractivity contribution in [3.05, 3.63) is 47.1 Å². The third-order valence-electron chi connectivity index (χ3n) is 8.10. The lowest BCUT2D eigenvalue weighted by Gasteiger charge is -2.35. The zero-order valence-corrected chi connectivity index (χ0v) is 23.9. The smallest absolute Gasteiger partial charge is 0.369 e. The Hall–Kier alpha value is -3.08. The molecule has 0 spiro atoms. The minimum absolute atomic E-state index is 0. The SMILES string of the molecule is C.CCN1CCN(c2ccc(S(=O)(=O)[C@@H]3C[C@@H](C(=O)NC4(C#N)CC4)N(c4ncccc4C(F)(F)F)C3)c(Cl)c2)CC1.